The van der Waals surface area contributed by atoms with Crippen molar-refractivity contribution in [3.05, 3.63) is 34.9 Å². The van der Waals surface area contributed by atoms with E-state index in [4.69, 9.17) is 0 Å². The maximum Gasteiger partial charge on any atom is 0.350 e. The number of pyridine rings is 1. The smallest absolute Gasteiger partial charge is 0.350 e. The zero-order valence-corrected chi connectivity index (χ0v) is 12.1. The molecule has 0 saturated carbocycles. The fourth-order valence-corrected chi connectivity index (χ4v) is 2.65. The summed E-state index contributed by atoms with van der Waals surface area (Å²) in [6.07, 6.45) is 2.00. The number of hydrogen-bond donors (Lipinski definition) is 1. The number of aromatic nitrogens is 3. The van der Waals surface area contributed by atoms with Gasteiger partial charge in [-0.2, -0.15) is 0 Å². The number of hydrogen-bond acceptors (Lipinski definition) is 4. The van der Waals surface area contributed by atoms with E-state index in [9.17, 15) is 19.5 Å². The van der Waals surface area contributed by atoms with Crippen molar-refractivity contribution < 1.29 is 14.7 Å². The highest BCUT2D eigenvalue weighted by atomic mass is 16.4. The summed E-state index contributed by atoms with van der Waals surface area (Å²) in [5.41, 5.74) is -0.833. The van der Waals surface area contributed by atoms with Crippen LogP contribution in [0.25, 0.3) is 5.65 Å². The molecule has 2 aromatic rings. The van der Waals surface area contributed by atoms with Crippen molar-refractivity contribution in [1.29, 1.82) is 0 Å². The molecule has 1 saturated heterocycles. The highest BCUT2D eigenvalue weighted by Crippen LogP contribution is 2.30. The van der Waals surface area contributed by atoms with Gasteiger partial charge in [-0.3, -0.25) is 14.0 Å². The van der Waals surface area contributed by atoms with Crippen molar-refractivity contribution in [3.8, 4) is 0 Å². The summed E-state index contributed by atoms with van der Waals surface area (Å²) >= 11 is 0. The Kier molecular flexibility index (Phi) is 3.23. The topological polar surface area (TPSA) is 96.9 Å². The summed E-state index contributed by atoms with van der Waals surface area (Å²) in [5, 5.41) is 13.3. The molecule has 1 amide bonds. The second kappa shape index (κ2) is 4.97. The molecular weight excluding hydrogens is 288 g/mol. The van der Waals surface area contributed by atoms with Crippen LogP contribution in [0.15, 0.2) is 29.2 Å². The first kappa shape index (κ1) is 14.3. The molecule has 1 N–H and O–H groups in total. The lowest BCUT2D eigenvalue weighted by Crippen LogP contribution is -2.38. The predicted octanol–water partition coefficient (Wildman–Crippen LogP) is -0.181. The van der Waals surface area contributed by atoms with Crippen LogP contribution in [0.1, 0.15) is 13.3 Å². The Labute approximate surface area is 125 Å². The van der Waals surface area contributed by atoms with Crippen molar-refractivity contribution in [3.63, 3.8) is 0 Å². The molecule has 1 aliphatic heterocycles. The molecule has 116 valence electrons. The average molecular weight is 304 g/mol. The molecule has 2 aromatic heterocycles. The van der Waals surface area contributed by atoms with E-state index in [0.29, 0.717) is 18.6 Å². The molecule has 0 bridgehead atoms. The minimum absolute atomic E-state index is 0.156. The molecule has 0 aromatic carbocycles. The lowest BCUT2D eigenvalue weighted by atomic mass is 9.90. The van der Waals surface area contributed by atoms with Crippen molar-refractivity contribution in [2.24, 2.45) is 5.41 Å². The zero-order valence-electron chi connectivity index (χ0n) is 12.1. The number of nitrogens with zero attached hydrogens (tertiary/aromatic N) is 4. The molecule has 0 spiro atoms. The summed E-state index contributed by atoms with van der Waals surface area (Å²) in [4.78, 5) is 37.1. The van der Waals surface area contributed by atoms with Gasteiger partial charge in [0.2, 0.25) is 5.91 Å². The third-order valence-electron chi connectivity index (χ3n) is 4.12. The lowest BCUT2D eigenvalue weighted by molar-refractivity contribution is -0.147. The van der Waals surface area contributed by atoms with Crippen LogP contribution in [0.2, 0.25) is 0 Å². The number of fused-ring (bicyclic) bond motifs is 1. The molecule has 0 radical (unpaired) electrons. The van der Waals surface area contributed by atoms with Gasteiger partial charge in [0.25, 0.3) is 0 Å². The predicted molar refractivity (Wildman–Crippen MR) is 76.4 cm³/mol. The van der Waals surface area contributed by atoms with Gasteiger partial charge in [-0.1, -0.05) is 6.07 Å². The van der Waals surface area contributed by atoms with Crippen LogP contribution in [-0.4, -0.2) is 49.2 Å². The van der Waals surface area contributed by atoms with Crippen molar-refractivity contribution >= 4 is 17.5 Å². The van der Waals surface area contributed by atoms with E-state index in [0.717, 1.165) is 4.68 Å². The second-order valence-electron chi connectivity index (χ2n) is 5.80. The molecular formula is C14H16N4O4. The fourth-order valence-electron chi connectivity index (χ4n) is 2.65. The molecule has 3 rings (SSSR count). The van der Waals surface area contributed by atoms with E-state index in [2.05, 4.69) is 5.10 Å². The molecule has 0 aliphatic carbocycles. The average Bonchev–Trinajstić information content (AvgIpc) is 3.03. The van der Waals surface area contributed by atoms with E-state index >= 15 is 0 Å². The van der Waals surface area contributed by atoms with Crippen LogP contribution in [0, 0.1) is 5.41 Å². The number of carbonyl (C=O) groups is 2. The van der Waals surface area contributed by atoms with Gasteiger partial charge in [0.05, 0.1) is 5.41 Å². The number of carboxylic acid groups (broad SMARTS) is 1. The maximum atomic E-state index is 12.3. The van der Waals surface area contributed by atoms with Gasteiger partial charge < -0.3 is 10.0 Å². The summed E-state index contributed by atoms with van der Waals surface area (Å²) in [6.45, 7) is 1.98. The van der Waals surface area contributed by atoms with Gasteiger partial charge in [-0.15, -0.1) is 5.10 Å². The van der Waals surface area contributed by atoms with Gasteiger partial charge in [0.15, 0.2) is 5.65 Å². The maximum absolute atomic E-state index is 12.3. The Morgan fingerprint density at radius 1 is 1.41 bits per heavy atom. The Morgan fingerprint density at radius 3 is 2.82 bits per heavy atom. The number of likely N-dealkylation sites (tertiary alicyclic amines) is 1. The monoisotopic (exact) mass is 304 g/mol. The van der Waals surface area contributed by atoms with Crippen molar-refractivity contribution in [1.82, 2.24) is 19.1 Å². The van der Waals surface area contributed by atoms with Crippen molar-refractivity contribution in [2.45, 2.75) is 19.9 Å². The molecule has 1 fully saturated rings. The summed E-state index contributed by atoms with van der Waals surface area (Å²) in [6, 6.07) is 5.15. The van der Waals surface area contributed by atoms with Crippen LogP contribution >= 0.6 is 0 Å². The Bertz CT molecular complexity index is 809. The van der Waals surface area contributed by atoms with Crippen LogP contribution in [0.4, 0.5) is 0 Å². The first-order chi connectivity index (χ1) is 10.4. The number of amides is 1. The van der Waals surface area contributed by atoms with Gasteiger partial charge in [-0.25, -0.2) is 9.48 Å². The van der Waals surface area contributed by atoms with Gasteiger partial charge in [0.1, 0.15) is 6.54 Å². The summed E-state index contributed by atoms with van der Waals surface area (Å²) in [7, 11) is 0. The van der Waals surface area contributed by atoms with Gasteiger partial charge >= 0.3 is 11.7 Å². The van der Waals surface area contributed by atoms with Gasteiger partial charge in [-0.05, 0) is 25.5 Å². The highest BCUT2D eigenvalue weighted by molar-refractivity contribution is 5.80. The lowest BCUT2D eigenvalue weighted by Gasteiger charge is -2.19. The van der Waals surface area contributed by atoms with Crippen LogP contribution < -0.4 is 5.69 Å². The molecule has 1 atom stereocenters. The summed E-state index contributed by atoms with van der Waals surface area (Å²) in [5.74, 6) is -1.21. The van der Waals surface area contributed by atoms with E-state index in [1.165, 1.54) is 9.30 Å². The first-order valence-corrected chi connectivity index (χ1v) is 6.96. The third kappa shape index (κ3) is 2.26. The molecule has 8 heteroatoms. The van der Waals surface area contributed by atoms with Crippen LogP contribution in [-0.2, 0) is 16.1 Å². The second-order valence-corrected chi connectivity index (χ2v) is 5.80. The molecule has 8 nitrogen and oxygen atoms in total. The Balaban J connectivity index is 1.78. The number of carboxylic acids is 1. The molecule has 3 heterocycles. The number of aliphatic carboxylic acids is 1. The van der Waals surface area contributed by atoms with E-state index in [1.807, 2.05) is 0 Å². The van der Waals surface area contributed by atoms with Crippen LogP contribution in [0.3, 0.4) is 0 Å². The number of carbonyl (C=O) groups excluding carboxylic acids is 1. The largest absolute Gasteiger partial charge is 0.481 e. The third-order valence-corrected chi connectivity index (χ3v) is 4.12. The zero-order chi connectivity index (χ0) is 15.9. The van der Waals surface area contributed by atoms with E-state index in [1.54, 1.807) is 31.3 Å². The minimum atomic E-state index is -0.917. The van der Waals surface area contributed by atoms with E-state index < -0.39 is 11.4 Å². The quantitative estimate of drug-likeness (QED) is 0.848. The Hall–Kier alpha value is -2.64. The fraction of sp³-hybridized carbons (Fsp3) is 0.429. The number of rotatable bonds is 3. The van der Waals surface area contributed by atoms with Gasteiger partial charge in [0, 0.05) is 19.3 Å². The molecule has 22 heavy (non-hydrogen) atoms. The summed E-state index contributed by atoms with van der Waals surface area (Å²) < 4.78 is 2.47. The molecule has 0 unspecified atom stereocenters. The first-order valence-electron chi connectivity index (χ1n) is 6.96. The Morgan fingerprint density at radius 2 is 2.18 bits per heavy atom. The normalized spacial score (nSPS) is 21.4. The van der Waals surface area contributed by atoms with Crippen LogP contribution in [0.5, 0.6) is 0 Å². The highest BCUT2D eigenvalue weighted by Gasteiger charge is 2.42. The SMILES string of the molecule is C[C@]1(C(=O)O)CCN(C(=O)Cn2nc3ccccn3c2=O)C1. The standard InChI is InChI=1S/C14H16N4O4/c1-14(12(20)21)5-7-16(9-14)11(19)8-18-13(22)17-6-3-2-4-10(17)15-18/h2-4,6H,5,7-9H2,1H3,(H,20,21)/t14-/m0/s1. The molecule has 1 aliphatic rings. The van der Waals surface area contributed by atoms with E-state index in [-0.39, 0.29) is 24.7 Å². The van der Waals surface area contributed by atoms with Crippen molar-refractivity contribution in [2.75, 3.05) is 13.1 Å². The minimum Gasteiger partial charge on any atom is -0.481 e.